The SMILES string of the molecule is [Br-].[CH2-]CCC1=CCCC1.[Mg+2]. The van der Waals surface area contributed by atoms with Gasteiger partial charge in [0.2, 0.25) is 0 Å². The van der Waals surface area contributed by atoms with Crippen molar-refractivity contribution in [3.63, 3.8) is 0 Å². The molecule has 0 spiro atoms. The fourth-order valence-electron chi connectivity index (χ4n) is 1.19. The van der Waals surface area contributed by atoms with Gasteiger partial charge in [-0.1, -0.05) is 18.1 Å². The fraction of sp³-hybridized carbons (Fsp3) is 0.625. The van der Waals surface area contributed by atoms with Crippen LogP contribution in [0.25, 0.3) is 0 Å². The van der Waals surface area contributed by atoms with Gasteiger partial charge in [-0.15, -0.1) is 0 Å². The van der Waals surface area contributed by atoms with Crippen LogP contribution in [0, 0.1) is 6.92 Å². The number of rotatable bonds is 2. The molecule has 1 aliphatic rings. The van der Waals surface area contributed by atoms with Crippen molar-refractivity contribution in [2.75, 3.05) is 0 Å². The summed E-state index contributed by atoms with van der Waals surface area (Å²) in [7, 11) is 0. The maximum absolute atomic E-state index is 3.81. The van der Waals surface area contributed by atoms with Crippen LogP contribution in [0.15, 0.2) is 11.6 Å². The van der Waals surface area contributed by atoms with E-state index in [1.165, 1.54) is 25.7 Å². The summed E-state index contributed by atoms with van der Waals surface area (Å²) in [5.74, 6) is 0. The van der Waals surface area contributed by atoms with Gasteiger partial charge in [-0.2, -0.15) is 6.42 Å². The molecule has 0 bridgehead atoms. The molecule has 0 heterocycles. The van der Waals surface area contributed by atoms with Crippen LogP contribution in [0.5, 0.6) is 0 Å². The summed E-state index contributed by atoms with van der Waals surface area (Å²) in [5.41, 5.74) is 1.64. The first-order chi connectivity index (χ1) is 3.93. The molecule has 1 aliphatic carbocycles. The zero-order valence-electron chi connectivity index (χ0n) is 6.41. The van der Waals surface area contributed by atoms with Crippen LogP contribution >= 0.6 is 0 Å². The van der Waals surface area contributed by atoms with Crippen LogP contribution in [0.2, 0.25) is 0 Å². The molecule has 0 N–H and O–H groups in total. The fourth-order valence-corrected chi connectivity index (χ4v) is 1.19. The van der Waals surface area contributed by atoms with Gasteiger partial charge in [-0.3, -0.25) is 0 Å². The van der Waals surface area contributed by atoms with E-state index in [2.05, 4.69) is 13.0 Å². The van der Waals surface area contributed by atoms with Crippen LogP contribution in [0.1, 0.15) is 32.1 Å². The predicted octanol–water partition coefficient (Wildman–Crippen LogP) is -0.666. The van der Waals surface area contributed by atoms with Crippen molar-refractivity contribution < 1.29 is 17.0 Å². The standard InChI is InChI=1S/C8H13.BrH.Mg/c1-2-5-8-6-3-4-7-8;;/h6H,1-5,7H2;1H;/q-1;;+2/p-1. The summed E-state index contributed by atoms with van der Waals surface area (Å²) in [6.07, 6.45) is 8.72. The van der Waals surface area contributed by atoms with E-state index >= 15 is 0 Å². The van der Waals surface area contributed by atoms with Gasteiger partial charge in [0.05, 0.1) is 0 Å². The first-order valence-corrected chi connectivity index (χ1v) is 3.40. The van der Waals surface area contributed by atoms with Crippen molar-refractivity contribution in [2.24, 2.45) is 0 Å². The van der Waals surface area contributed by atoms with Crippen molar-refractivity contribution in [3.8, 4) is 0 Å². The van der Waals surface area contributed by atoms with Crippen molar-refractivity contribution in [2.45, 2.75) is 32.1 Å². The Morgan fingerprint density at radius 1 is 1.50 bits per heavy atom. The summed E-state index contributed by atoms with van der Waals surface area (Å²) in [6, 6.07) is 0. The minimum absolute atomic E-state index is 0. The molecule has 0 amide bonds. The second-order valence-corrected chi connectivity index (χ2v) is 2.36. The minimum Gasteiger partial charge on any atom is -1.00 e. The first-order valence-electron chi connectivity index (χ1n) is 3.40. The van der Waals surface area contributed by atoms with Crippen LogP contribution in [-0.2, 0) is 0 Å². The van der Waals surface area contributed by atoms with Gasteiger partial charge in [0.25, 0.3) is 0 Å². The van der Waals surface area contributed by atoms with Crippen molar-refractivity contribution >= 4 is 23.1 Å². The normalized spacial score (nSPS) is 15.1. The molecule has 2 heteroatoms. The van der Waals surface area contributed by atoms with Crippen molar-refractivity contribution in [3.05, 3.63) is 18.6 Å². The van der Waals surface area contributed by atoms with Crippen molar-refractivity contribution in [1.29, 1.82) is 0 Å². The van der Waals surface area contributed by atoms with E-state index in [1.54, 1.807) is 5.57 Å². The zero-order valence-corrected chi connectivity index (χ0v) is 9.41. The average Bonchev–Trinajstić information content (AvgIpc) is 2.19. The van der Waals surface area contributed by atoms with Gasteiger partial charge in [0.15, 0.2) is 0 Å². The number of hydrogen-bond donors (Lipinski definition) is 0. The number of halogens is 1. The molecular weight excluding hydrogens is 200 g/mol. The Hall–Kier alpha value is 0.986. The Labute approximate surface area is 90.4 Å². The molecule has 0 aromatic rings. The van der Waals surface area contributed by atoms with Crippen LogP contribution in [-0.4, -0.2) is 23.1 Å². The smallest absolute Gasteiger partial charge is 1.00 e. The molecule has 0 atom stereocenters. The first kappa shape index (κ1) is 13.6. The third kappa shape index (κ3) is 4.75. The second-order valence-electron chi connectivity index (χ2n) is 2.36. The Balaban J connectivity index is 0. The molecule has 0 saturated heterocycles. The molecule has 1 rings (SSSR count). The monoisotopic (exact) mass is 212 g/mol. The Morgan fingerprint density at radius 3 is 2.60 bits per heavy atom. The number of allylic oxidation sites excluding steroid dienone is 2. The van der Waals surface area contributed by atoms with Gasteiger partial charge in [0, 0.05) is 0 Å². The molecule has 0 nitrogen and oxygen atoms in total. The molecule has 0 saturated carbocycles. The summed E-state index contributed by atoms with van der Waals surface area (Å²) < 4.78 is 0. The molecule has 0 aromatic heterocycles. The van der Waals surface area contributed by atoms with E-state index in [0.717, 1.165) is 6.42 Å². The van der Waals surface area contributed by atoms with E-state index in [0.29, 0.717) is 0 Å². The molecular formula is C8H13BrMg. The average molecular weight is 213 g/mol. The van der Waals surface area contributed by atoms with Crippen LogP contribution in [0.4, 0.5) is 0 Å². The minimum atomic E-state index is 0. The quantitative estimate of drug-likeness (QED) is 0.324. The van der Waals surface area contributed by atoms with E-state index in [1.807, 2.05) is 0 Å². The van der Waals surface area contributed by atoms with Gasteiger partial charge in [-0.05, 0) is 19.3 Å². The summed E-state index contributed by atoms with van der Waals surface area (Å²) in [5, 5.41) is 0. The molecule has 0 unspecified atom stereocenters. The molecule has 0 aromatic carbocycles. The van der Waals surface area contributed by atoms with E-state index in [4.69, 9.17) is 0 Å². The Kier molecular flexibility index (Phi) is 11.0. The van der Waals surface area contributed by atoms with E-state index in [-0.39, 0.29) is 40.0 Å². The maximum atomic E-state index is 3.81. The van der Waals surface area contributed by atoms with Gasteiger partial charge < -0.3 is 23.9 Å². The molecule has 0 fully saturated rings. The van der Waals surface area contributed by atoms with Crippen LogP contribution in [0.3, 0.4) is 0 Å². The summed E-state index contributed by atoms with van der Waals surface area (Å²) >= 11 is 0. The number of hydrogen-bond acceptors (Lipinski definition) is 0. The third-order valence-corrected chi connectivity index (χ3v) is 1.63. The van der Waals surface area contributed by atoms with Crippen LogP contribution < -0.4 is 17.0 Å². The summed E-state index contributed by atoms with van der Waals surface area (Å²) in [6.45, 7) is 3.81. The van der Waals surface area contributed by atoms with Gasteiger partial charge in [0.1, 0.15) is 0 Å². The van der Waals surface area contributed by atoms with Crippen molar-refractivity contribution in [1.82, 2.24) is 0 Å². The van der Waals surface area contributed by atoms with Gasteiger partial charge in [-0.25, -0.2) is 0 Å². The topological polar surface area (TPSA) is 0 Å². The van der Waals surface area contributed by atoms with Gasteiger partial charge >= 0.3 is 23.1 Å². The maximum Gasteiger partial charge on any atom is 2.00 e. The second kappa shape index (κ2) is 8.09. The Morgan fingerprint density at radius 2 is 2.20 bits per heavy atom. The molecule has 54 valence electrons. The molecule has 0 aliphatic heterocycles. The molecule has 0 radical (unpaired) electrons. The van der Waals surface area contributed by atoms with E-state index < -0.39 is 0 Å². The Bertz CT molecular complexity index is 99.4. The zero-order chi connectivity index (χ0) is 5.82. The largest absolute Gasteiger partial charge is 2.00 e. The third-order valence-electron chi connectivity index (χ3n) is 1.63. The molecule has 10 heavy (non-hydrogen) atoms. The predicted molar refractivity (Wildman–Crippen MR) is 42.3 cm³/mol. The van der Waals surface area contributed by atoms with E-state index in [9.17, 15) is 0 Å². The summed E-state index contributed by atoms with van der Waals surface area (Å²) in [4.78, 5) is 0.